The Balaban J connectivity index is 3.84. The number of nitrogens with two attached hydrogens (primary N) is 14. The van der Waals surface area contributed by atoms with Crippen LogP contribution in [-0.2, 0) is 62.3 Å². The second kappa shape index (κ2) is 51.5. The number of likely N-dealkylation sites (tertiary alicyclic amines) is 1. The van der Waals surface area contributed by atoms with Crippen LogP contribution in [0.2, 0.25) is 0 Å². The number of hydrogen-bond donors (Lipinski definition) is 26. The third-order valence-corrected chi connectivity index (χ3v) is 16.2. The maximum absolute atomic E-state index is 14.8. The summed E-state index contributed by atoms with van der Waals surface area (Å²) < 4.78 is 0. The Kier molecular flexibility index (Phi) is 45.3. The molecule has 0 unspecified atom stereocenters. The Morgan fingerprint density at radius 1 is 0.406 bits per heavy atom. The van der Waals surface area contributed by atoms with Crippen molar-refractivity contribution >= 4 is 107 Å². The van der Waals surface area contributed by atoms with Gasteiger partial charge in [0.1, 0.15) is 73.0 Å². The standard InChI is InChI=1S/C61H116N30O15/c1-32(82-48(98)37(16-8-26-77-58(68)69)87-54(104)41(21-22-43(64)93)90-55(105)42-20-12-30-91(42)56(106)45(65)33(2)92)46(96)83-38(17-9-27-78-59(70)71)51(101)88-40(19-11-29-80-61(74)75)53(103)89-39(18-10-28-79-60(72)73)52(102)86-36(14-4-6-24-63)50(100)85-35(13-3-5-23-62)49(99)84-34(15-7-25-76-57(66)67)47(97)81-31-44(94)95/h32-42,45,92H,3-31,62-63,65H2,1-2H3,(H2,64,93)(H,81,97)(H,82,98)(H,83,96)(H,84,99)(H,85,100)(H,86,102)(H,87,104)(H,88,101)(H,89,103)(H,90,105)(H,94,95)(H4,66,67,76)(H4,68,69,77)(H4,70,71,78)(H4,72,73,79)(H4,74,75,80)/t32-,33+,34+,35-,36-,37-,38-,39-,40-,41-,42-,45-/m0/s1. The van der Waals surface area contributed by atoms with Crippen molar-refractivity contribution in [1.82, 2.24) is 58.1 Å². The monoisotopic (exact) mass is 1510 g/mol. The van der Waals surface area contributed by atoms with Crippen LogP contribution >= 0.6 is 0 Å². The number of nitrogens with one attached hydrogen (secondary N) is 10. The molecule has 12 amide bonds. The highest BCUT2D eigenvalue weighted by atomic mass is 16.4. The van der Waals surface area contributed by atoms with Crippen molar-refractivity contribution in [2.75, 3.05) is 58.9 Å². The van der Waals surface area contributed by atoms with E-state index in [1.165, 1.54) is 18.7 Å². The number of aliphatic imine (C=N–C) groups is 5. The summed E-state index contributed by atoms with van der Waals surface area (Å²) in [4.78, 5) is 200. The van der Waals surface area contributed by atoms with Gasteiger partial charge >= 0.3 is 5.97 Å². The van der Waals surface area contributed by atoms with Crippen molar-refractivity contribution in [3.05, 3.63) is 0 Å². The highest BCUT2D eigenvalue weighted by Crippen LogP contribution is 2.20. The molecular weight excluding hydrogens is 1390 g/mol. The van der Waals surface area contributed by atoms with Crippen molar-refractivity contribution in [3.63, 3.8) is 0 Å². The molecule has 45 nitrogen and oxygen atoms in total. The summed E-state index contributed by atoms with van der Waals surface area (Å²) in [6.07, 6.45) is -0.994. The molecule has 0 spiro atoms. The van der Waals surface area contributed by atoms with Gasteiger partial charge in [0.2, 0.25) is 70.9 Å². The Bertz CT molecular complexity index is 3030. The molecule has 1 fully saturated rings. The van der Waals surface area contributed by atoms with Gasteiger partial charge in [0.25, 0.3) is 0 Å². The summed E-state index contributed by atoms with van der Waals surface area (Å²) in [5.74, 6) is -13.7. The topological polar surface area (TPSA) is 812 Å². The maximum atomic E-state index is 14.8. The fourth-order valence-electron chi connectivity index (χ4n) is 10.5. The lowest BCUT2D eigenvalue weighted by molar-refractivity contribution is -0.142. The number of guanidine groups is 5. The molecule has 12 atom stereocenters. The molecule has 1 rings (SSSR count). The van der Waals surface area contributed by atoms with Crippen LogP contribution in [0.15, 0.2) is 25.0 Å². The van der Waals surface area contributed by atoms with E-state index < -0.39 is 162 Å². The number of hydrogen-bond acceptors (Lipinski definition) is 22. The number of aliphatic hydroxyl groups is 1. The largest absolute Gasteiger partial charge is 0.480 e. The minimum Gasteiger partial charge on any atom is -0.480 e. The summed E-state index contributed by atoms with van der Waals surface area (Å²) >= 11 is 0. The van der Waals surface area contributed by atoms with E-state index in [2.05, 4.69) is 78.1 Å². The maximum Gasteiger partial charge on any atom is 0.322 e. The number of carboxylic acids is 1. The first kappa shape index (κ1) is 93.3. The quantitative estimate of drug-likeness (QED) is 0.0153. The highest BCUT2D eigenvalue weighted by Gasteiger charge is 2.40. The van der Waals surface area contributed by atoms with Crippen LogP contribution in [0.25, 0.3) is 0 Å². The smallest absolute Gasteiger partial charge is 0.322 e. The third kappa shape index (κ3) is 39.3. The molecule has 600 valence electrons. The number of aliphatic carboxylic acids is 1. The van der Waals surface area contributed by atoms with Crippen LogP contribution in [0.5, 0.6) is 0 Å². The van der Waals surface area contributed by atoms with Crippen molar-refractivity contribution in [2.45, 2.75) is 215 Å². The number of carboxylic acid groups (broad SMARTS) is 1. The predicted octanol–water partition coefficient (Wildman–Crippen LogP) is -11.9. The second-order valence-electron chi connectivity index (χ2n) is 25.1. The molecule has 1 saturated heterocycles. The van der Waals surface area contributed by atoms with Crippen molar-refractivity contribution in [3.8, 4) is 0 Å². The zero-order valence-electron chi connectivity index (χ0n) is 60.4. The van der Waals surface area contributed by atoms with Gasteiger partial charge in [-0.25, -0.2) is 0 Å². The number of primary amides is 1. The summed E-state index contributed by atoms with van der Waals surface area (Å²) in [5.41, 5.74) is 78.4. The van der Waals surface area contributed by atoms with Gasteiger partial charge in [-0.2, -0.15) is 0 Å². The molecule has 1 aliphatic rings. The van der Waals surface area contributed by atoms with Crippen LogP contribution in [-0.4, -0.2) is 253 Å². The molecule has 45 heteroatoms. The molecule has 0 saturated carbocycles. The molecule has 0 radical (unpaired) electrons. The lowest BCUT2D eigenvalue weighted by atomic mass is 10.0. The lowest BCUT2D eigenvalue weighted by Gasteiger charge is -2.29. The molecule has 0 aromatic carbocycles. The van der Waals surface area contributed by atoms with Gasteiger partial charge in [0.05, 0.1) is 6.10 Å². The summed E-state index contributed by atoms with van der Waals surface area (Å²) in [5, 5.41) is 44.8. The Hall–Kier alpha value is -10.7. The SMILES string of the molecule is C[C@H](NC(=O)[C@H](CCCN=C(N)N)NC(=O)[C@H](CCC(N)=O)NC(=O)[C@@H]1CCCN1C(=O)[C@@H](N)[C@@H](C)O)C(=O)N[C@@H](CCCN=C(N)N)C(=O)N[C@@H](CCCN=C(N)N)C(=O)N[C@@H](CCCN=C(N)N)C(=O)N[C@@H](CCCCN)C(=O)N[C@@H](CCCCN)C(=O)N[C@H](CCCN=C(N)N)C(=O)NCC(=O)O. The minimum atomic E-state index is -1.56. The average Bonchev–Trinajstić information content (AvgIpc) is 1.64. The number of rotatable bonds is 54. The van der Waals surface area contributed by atoms with E-state index in [1.807, 2.05) is 0 Å². The zero-order valence-corrected chi connectivity index (χ0v) is 60.4. The predicted molar refractivity (Wildman–Crippen MR) is 392 cm³/mol. The van der Waals surface area contributed by atoms with Crippen LogP contribution in [0.4, 0.5) is 0 Å². The second-order valence-corrected chi connectivity index (χ2v) is 25.1. The van der Waals surface area contributed by atoms with Crippen LogP contribution in [0.3, 0.4) is 0 Å². The fourth-order valence-corrected chi connectivity index (χ4v) is 10.5. The van der Waals surface area contributed by atoms with Crippen LogP contribution in [0, 0.1) is 0 Å². The Morgan fingerprint density at radius 3 is 0.991 bits per heavy atom. The number of aliphatic hydroxyl groups excluding tert-OH is 1. The van der Waals surface area contributed by atoms with Gasteiger partial charge in [0, 0.05) is 45.7 Å². The molecule has 1 aliphatic heterocycles. The number of nitrogens with zero attached hydrogens (tertiary/aromatic N) is 6. The summed E-state index contributed by atoms with van der Waals surface area (Å²) in [6, 6.07) is -15.8. The van der Waals surface area contributed by atoms with Gasteiger partial charge in [0.15, 0.2) is 29.8 Å². The molecular formula is C61H116N30O15. The Labute approximate surface area is 614 Å². The summed E-state index contributed by atoms with van der Waals surface area (Å²) in [7, 11) is 0. The fraction of sp³-hybridized carbons (Fsp3) is 0.705. The van der Waals surface area contributed by atoms with E-state index >= 15 is 0 Å². The lowest BCUT2D eigenvalue weighted by Crippen LogP contribution is -2.60. The van der Waals surface area contributed by atoms with Gasteiger partial charge in [-0.3, -0.25) is 87.3 Å². The first-order valence-corrected chi connectivity index (χ1v) is 35.0. The minimum absolute atomic E-state index is 0.0133. The first-order chi connectivity index (χ1) is 50.0. The number of carbonyl (C=O) groups is 13. The van der Waals surface area contributed by atoms with E-state index in [4.69, 9.17) is 80.3 Å². The molecule has 0 aromatic heterocycles. The van der Waals surface area contributed by atoms with E-state index in [1.54, 1.807) is 0 Å². The number of unbranched alkanes of at least 4 members (excludes halogenated alkanes) is 2. The van der Waals surface area contributed by atoms with E-state index in [-0.39, 0.29) is 185 Å². The third-order valence-electron chi connectivity index (χ3n) is 16.2. The van der Waals surface area contributed by atoms with Crippen molar-refractivity contribution in [2.24, 2.45) is 105 Å². The van der Waals surface area contributed by atoms with Crippen LogP contribution < -0.4 is 133 Å². The van der Waals surface area contributed by atoms with Crippen molar-refractivity contribution < 1.29 is 72.5 Å². The number of carbonyl (C=O) groups excluding carboxylic acids is 12. The molecule has 0 aliphatic carbocycles. The average molecular weight is 1510 g/mol. The van der Waals surface area contributed by atoms with E-state index in [0.29, 0.717) is 19.3 Å². The van der Waals surface area contributed by atoms with Crippen LogP contribution in [0.1, 0.15) is 142 Å². The van der Waals surface area contributed by atoms with E-state index in [9.17, 15) is 72.5 Å². The molecule has 40 N–H and O–H groups in total. The highest BCUT2D eigenvalue weighted by molar-refractivity contribution is 5.99. The van der Waals surface area contributed by atoms with Gasteiger partial charge < -0.3 is 149 Å². The van der Waals surface area contributed by atoms with Gasteiger partial charge in [-0.15, -0.1) is 0 Å². The zero-order chi connectivity index (χ0) is 80.0. The molecule has 0 aromatic rings. The van der Waals surface area contributed by atoms with E-state index in [0.717, 1.165) is 0 Å². The van der Waals surface area contributed by atoms with Crippen molar-refractivity contribution in [1.29, 1.82) is 0 Å². The molecule has 106 heavy (non-hydrogen) atoms. The molecule has 1 heterocycles. The van der Waals surface area contributed by atoms with Gasteiger partial charge in [-0.1, -0.05) is 0 Å². The summed E-state index contributed by atoms with van der Waals surface area (Å²) in [6.45, 7) is 2.01. The number of amides is 12. The molecule has 0 bridgehead atoms. The van der Waals surface area contributed by atoms with Gasteiger partial charge in [-0.05, 0) is 149 Å². The Morgan fingerprint density at radius 2 is 0.698 bits per heavy atom. The normalized spacial score (nSPS) is 15.4. The first-order valence-electron chi connectivity index (χ1n) is 35.0.